The molecule has 0 spiro atoms. The largest absolute Gasteiger partial charge is 0.351 e. The molecular formula is C14H28ClN3O2. The van der Waals surface area contributed by atoms with Gasteiger partial charge >= 0.3 is 0 Å². The molecular weight excluding hydrogens is 278 g/mol. The molecule has 3 N–H and O–H groups in total. The zero-order valence-electron chi connectivity index (χ0n) is 12.8. The molecule has 0 aromatic carbocycles. The summed E-state index contributed by atoms with van der Waals surface area (Å²) in [7, 11) is 0. The lowest BCUT2D eigenvalue weighted by Gasteiger charge is -2.30. The van der Waals surface area contributed by atoms with Gasteiger partial charge in [-0.15, -0.1) is 12.4 Å². The summed E-state index contributed by atoms with van der Waals surface area (Å²) in [5.41, 5.74) is 5.32. The summed E-state index contributed by atoms with van der Waals surface area (Å²) < 4.78 is 0. The average Bonchev–Trinajstić information content (AvgIpc) is 2.89. The van der Waals surface area contributed by atoms with Crippen LogP contribution in [-0.2, 0) is 9.59 Å². The number of hydrogen-bond donors (Lipinski definition) is 2. The molecule has 1 heterocycles. The molecule has 118 valence electrons. The fourth-order valence-electron chi connectivity index (χ4n) is 2.62. The van der Waals surface area contributed by atoms with Crippen LogP contribution in [0.1, 0.15) is 46.5 Å². The van der Waals surface area contributed by atoms with Crippen LogP contribution in [0.25, 0.3) is 0 Å². The van der Waals surface area contributed by atoms with Crippen molar-refractivity contribution in [2.75, 3.05) is 19.6 Å². The fourth-order valence-corrected chi connectivity index (χ4v) is 2.62. The number of hydrogen-bond acceptors (Lipinski definition) is 3. The third kappa shape index (κ3) is 4.09. The maximum absolute atomic E-state index is 12.4. The monoisotopic (exact) mass is 305 g/mol. The Hall–Kier alpha value is -0.810. The van der Waals surface area contributed by atoms with Crippen molar-refractivity contribution in [1.82, 2.24) is 10.2 Å². The summed E-state index contributed by atoms with van der Waals surface area (Å²) >= 11 is 0. The summed E-state index contributed by atoms with van der Waals surface area (Å²) in [6.45, 7) is 7.60. The third-order valence-electron chi connectivity index (χ3n) is 4.40. The normalized spacial score (nSPS) is 18.6. The number of nitrogens with one attached hydrogen (secondary N) is 1. The van der Waals surface area contributed by atoms with Gasteiger partial charge in [0.2, 0.25) is 11.8 Å². The molecule has 0 aromatic heterocycles. The second-order valence-electron chi connectivity index (χ2n) is 5.34. The molecule has 1 aliphatic rings. The topological polar surface area (TPSA) is 75.4 Å². The highest BCUT2D eigenvalue weighted by atomic mass is 35.5. The minimum absolute atomic E-state index is 0. The summed E-state index contributed by atoms with van der Waals surface area (Å²) in [5.74, 6) is 0.198. The number of carbonyl (C=O) groups excluding carboxylic acids is 2. The van der Waals surface area contributed by atoms with Crippen LogP contribution in [0.15, 0.2) is 0 Å². The molecule has 0 aliphatic carbocycles. The molecule has 1 saturated heterocycles. The first-order chi connectivity index (χ1) is 9.02. The lowest BCUT2D eigenvalue weighted by Crippen LogP contribution is -2.49. The van der Waals surface area contributed by atoms with E-state index in [1.807, 2.05) is 25.7 Å². The zero-order chi connectivity index (χ0) is 14.5. The van der Waals surface area contributed by atoms with Crippen LogP contribution in [0, 0.1) is 5.41 Å². The highest BCUT2D eigenvalue weighted by Crippen LogP contribution is 2.25. The Morgan fingerprint density at radius 2 is 1.90 bits per heavy atom. The minimum Gasteiger partial charge on any atom is -0.351 e. The Labute approximate surface area is 128 Å². The van der Waals surface area contributed by atoms with Gasteiger partial charge in [-0.2, -0.15) is 0 Å². The molecule has 2 amide bonds. The van der Waals surface area contributed by atoms with Crippen molar-refractivity contribution in [2.45, 2.75) is 52.5 Å². The quantitative estimate of drug-likeness (QED) is 0.776. The number of nitrogens with zero attached hydrogens (tertiary/aromatic N) is 1. The maximum atomic E-state index is 12.4. The van der Waals surface area contributed by atoms with Gasteiger partial charge in [-0.25, -0.2) is 0 Å². The molecule has 0 aromatic rings. The highest BCUT2D eigenvalue weighted by molar-refractivity contribution is 5.85. The van der Waals surface area contributed by atoms with Crippen LogP contribution in [-0.4, -0.2) is 42.4 Å². The van der Waals surface area contributed by atoms with Crippen molar-refractivity contribution in [3.8, 4) is 0 Å². The summed E-state index contributed by atoms with van der Waals surface area (Å²) in [5, 5.41) is 3.07. The molecule has 0 bridgehead atoms. The van der Waals surface area contributed by atoms with Gasteiger partial charge in [0.05, 0.1) is 5.41 Å². The SMILES string of the molecule is CCC(=O)N1CCC(NC(=O)C(CC)(CC)CN)C1.Cl. The van der Waals surface area contributed by atoms with Gasteiger partial charge in [-0.1, -0.05) is 20.8 Å². The van der Waals surface area contributed by atoms with Gasteiger partial charge in [0.15, 0.2) is 0 Å². The number of nitrogens with two attached hydrogens (primary N) is 1. The van der Waals surface area contributed by atoms with Gasteiger partial charge < -0.3 is 16.0 Å². The van der Waals surface area contributed by atoms with Gasteiger partial charge in [-0.3, -0.25) is 9.59 Å². The molecule has 1 atom stereocenters. The molecule has 0 saturated carbocycles. The van der Waals surface area contributed by atoms with Gasteiger partial charge in [-0.05, 0) is 19.3 Å². The first-order valence-corrected chi connectivity index (χ1v) is 7.31. The Kier molecular flexibility index (Phi) is 8.13. The highest BCUT2D eigenvalue weighted by Gasteiger charge is 2.36. The van der Waals surface area contributed by atoms with Crippen LogP contribution in [0.3, 0.4) is 0 Å². The van der Waals surface area contributed by atoms with Crippen LogP contribution >= 0.6 is 12.4 Å². The maximum Gasteiger partial charge on any atom is 0.227 e. The molecule has 1 unspecified atom stereocenters. The standard InChI is InChI=1S/C14H27N3O2.ClH/c1-4-12(18)17-8-7-11(9-17)16-13(19)14(5-2,6-3)10-15;/h11H,4-10,15H2,1-3H3,(H,16,19);1H. The summed E-state index contributed by atoms with van der Waals surface area (Å²) in [4.78, 5) is 25.8. The van der Waals surface area contributed by atoms with E-state index in [9.17, 15) is 9.59 Å². The van der Waals surface area contributed by atoms with Crippen molar-refractivity contribution >= 4 is 24.2 Å². The van der Waals surface area contributed by atoms with E-state index in [2.05, 4.69) is 5.32 Å². The predicted molar refractivity (Wildman–Crippen MR) is 82.7 cm³/mol. The van der Waals surface area contributed by atoms with E-state index < -0.39 is 5.41 Å². The Morgan fingerprint density at radius 3 is 2.35 bits per heavy atom. The first-order valence-electron chi connectivity index (χ1n) is 7.31. The van der Waals surface area contributed by atoms with E-state index >= 15 is 0 Å². The van der Waals surface area contributed by atoms with E-state index in [0.29, 0.717) is 19.5 Å². The fraction of sp³-hybridized carbons (Fsp3) is 0.857. The Bertz CT molecular complexity index is 324. The molecule has 1 fully saturated rings. The molecule has 0 radical (unpaired) electrons. The zero-order valence-corrected chi connectivity index (χ0v) is 13.6. The van der Waals surface area contributed by atoms with E-state index in [4.69, 9.17) is 5.73 Å². The number of amides is 2. The van der Waals surface area contributed by atoms with E-state index in [1.54, 1.807) is 0 Å². The van der Waals surface area contributed by atoms with Crippen molar-refractivity contribution in [3.05, 3.63) is 0 Å². The van der Waals surface area contributed by atoms with Crippen LogP contribution < -0.4 is 11.1 Å². The van der Waals surface area contributed by atoms with Crippen LogP contribution in [0.4, 0.5) is 0 Å². The van der Waals surface area contributed by atoms with E-state index in [0.717, 1.165) is 25.8 Å². The van der Waals surface area contributed by atoms with Crippen molar-refractivity contribution in [2.24, 2.45) is 11.1 Å². The minimum atomic E-state index is -0.456. The Balaban J connectivity index is 0.00000361. The lowest BCUT2D eigenvalue weighted by molar-refractivity contribution is -0.133. The Morgan fingerprint density at radius 1 is 1.30 bits per heavy atom. The predicted octanol–water partition coefficient (Wildman–Crippen LogP) is 1.30. The molecule has 20 heavy (non-hydrogen) atoms. The van der Waals surface area contributed by atoms with Crippen LogP contribution in [0.5, 0.6) is 0 Å². The van der Waals surface area contributed by atoms with E-state index in [-0.39, 0.29) is 30.3 Å². The second-order valence-corrected chi connectivity index (χ2v) is 5.34. The first kappa shape index (κ1) is 19.2. The van der Waals surface area contributed by atoms with Crippen LogP contribution in [0.2, 0.25) is 0 Å². The number of carbonyl (C=O) groups is 2. The molecule has 1 rings (SSSR count). The van der Waals surface area contributed by atoms with Crippen molar-refractivity contribution in [3.63, 3.8) is 0 Å². The van der Waals surface area contributed by atoms with E-state index in [1.165, 1.54) is 0 Å². The summed E-state index contributed by atoms with van der Waals surface area (Å²) in [6, 6.07) is 0.0759. The molecule has 6 heteroatoms. The summed E-state index contributed by atoms with van der Waals surface area (Å²) in [6.07, 6.45) is 2.86. The van der Waals surface area contributed by atoms with Gasteiger partial charge in [0.25, 0.3) is 0 Å². The van der Waals surface area contributed by atoms with Crippen molar-refractivity contribution < 1.29 is 9.59 Å². The molecule has 1 aliphatic heterocycles. The molecule has 5 nitrogen and oxygen atoms in total. The number of likely N-dealkylation sites (tertiary alicyclic amines) is 1. The third-order valence-corrected chi connectivity index (χ3v) is 4.40. The van der Waals surface area contributed by atoms with Gasteiger partial charge in [0, 0.05) is 32.1 Å². The smallest absolute Gasteiger partial charge is 0.227 e. The average molecular weight is 306 g/mol. The van der Waals surface area contributed by atoms with Gasteiger partial charge in [0.1, 0.15) is 0 Å². The number of rotatable bonds is 6. The van der Waals surface area contributed by atoms with Crippen molar-refractivity contribution in [1.29, 1.82) is 0 Å². The second kappa shape index (κ2) is 8.47. The lowest BCUT2D eigenvalue weighted by atomic mass is 9.81. The number of halogens is 1.